The van der Waals surface area contributed by atoms with Gasteiger partial charge in [-0.25, -0.2) is 4.98 Å². The summed E-state index contributed by atoms with van der Waals surface area (Å²) in [5, 5.41) is 4.14. The molecule has 5 rings (SSSR count). The summed E-state index contributed by atoms with van der Waals surface area (Å²) in [6.07, 6.45) is 3.21. The number of pyridine rings is 1. The number of anilines is 2. The quantitative estimate of drug-likeness (QED) is 0.368. The Bertz CT molecular complexity index is 1450. The molecule has 9 heteroatoms. The second-order valence-corrected chi connectivity index (χ2v) is 8.99. The first kappa shape index (κ1) is 22.9. The van der Waals surface area contributed by atoms with Crippen molar-refractivity contribution in [1.82, 2.24) is 9.97 Å². The highest BCUT2D eigenvalue weighted by Gasteiger charge is 2.42. The minimum atomic E-state index is -1.00. The highest BCUT2D eigenvalue weighted by molar-refractivity contribution is 6.36. The molecule has 0 bridgehead atoms. The minimum absolute atomic E-state index is 0.155. The molecule has 0 saturated heterocycles. The molecule has 2 N–H and O–H groups in total. The summed E-state index contributed by atoms with van der Waals surface area (Å²) in [5.74, 6) is 0.750. The van der Waals surface area contributed by atoms with E-state index in [0.29, 0.717) is 45.0 Å². The van der Waals surface area contributed by atoms with Gasteiger partial charge >= 0.3 is 0 Å². The molecule has 1 aliphatic heterocycles. The fourth-order valence-corrected chi connectivity index (χ4v) is 4.61. The third-order valence-electron chi connectivity index (χ3n) is 6.06. The molecule has 0 radical (unpaired) electrons. The number of ketones is 1. The maximum absolute atomic E-state index is 13.6. The average molecular weight is 491 g/mol. The van der Waals surface area contributed by atoms with Gasteiger partial charge in [0.25, 0.3) is 5.91 Å². The average Bonchev–Trinajstić information content (AvgIpc) is 3.28. The normalized spacial score (nSPS) is 17.3. The molecule has 0 aliphatic carbocycles. The standard InChI is InChI=1S/C26H23ClN4O4/c1-26(14-34-3)25(33)31(2)20-13-29-24-21(22(20)30-26)18(12-28-24)23(32)17-10-9-16(11-19(17)27)35-15-7-5-4-6-8-15/h4-13,30H,14H2,1-3H3,(H,28,29)/t26-/m1/s1. The molecule has 1 atom stereocenters. The molecule has 2 aromatic carbocycles. The number of benzene rings is 2. The van der Waals surface area contributed by atoms with Crippen LogP contribution < -0.4 is 15.0 Å². The number of hydrogen-bond donors (Lipinski definition) is 2. The van der Waals surface area contributed by atoms with E-state index in [1.54, 1.807) is 44.6 Å². The van der Waals surface area contributed by atoms with Crippen molar-refractivity contribution in [3.8, 4) is 11.5 Å². The summed E-state index contributed by atoms with van der Waals surface area (Å²) >= 11 is 6.52. The Morgan fingerprint density at radius 3 is 2.63 bits per heavy atom. The van der Waals surface area contributed by atoms with Crippen molar-refractivity contribution in [2.75, 3.05) is 31.0 Å². The zero-order chi connectivity index (χ0) is 24.7. The molecule has 178 valence electrons. The van der Waals surface area contributed by atoms with Crippen LogP contribution in [0.2, 0.25) is 5.02 Å². The molecular formula is C26H23ClN4O4. The predicted molar refractivity (Wildman–Crippen MR) is 135 cm³/mol. The number of halogens is 1. The lowest BCUT2D eigenvalue weighted by Gasteiger charge is -2.40. The first-order valence-corrected chi connectivity index (χ1v) is 11.3. The Labute approximate surface area is 206 Å². The lowest BCUT2D eigenvalue weighted by atomic mass is 9.95. The summed E-state index contributed by atoms with van der Waals surface area (Å²) in [6, 6.07) is 14.3. The van der Waals surface area contributed by atoms with Crippen molar-refractivity contribution in [2.45, 2.75) is 12.5 Å². The van der Waals surface area contributed by atoms with Crippen LogP contribution in [-0.4, -0.2) is 48.0 Å². The topological polar surface area (TPSA) is 96.5 Å². The number of carbonyl (C=O) groups is 2. The van der Waals surface area contributed by atoms with Crippen LogP contribution in [-0.2, 0) is 9.53 Å². The Balaban J connectivity index is 1.55. The number of carbonyl (C=O) groups excluding carboxylic acids is 2. The zero-order valence-electron chi connectivity index (χ0n) is 19.4. The second-order valence-electron chi connectivity index (χ2n) is 8.58. The van der Waals surface area contributed by atoms with Crippen LogP contribution in [0.25, 0.3) is 11.0 Å². The van der Waals surface area contributed by atoms with Gasteiger partial charge in [0.2, 0.25) is 0 Å². The third kappa shape index (κ3) is 3.90. The highest BCUT2D eigenvalue weighted by atomic mass is 35.5. The van der Waals surface area contributed by atoms with Crippen LogP contribution in [0.15, 0.2) is 60.9 Å². The van der Waals surface area contributed by atoms with Crippen molar-refractivity contribution in [2.24, 2.45) is 0 Å². The molecule has 0 saturated carbocycles. The number of aromatic nitrogens is 2. The SMILES string of the molecule is COC[C@@]1(C)Nc2c(cnc3[nH]cc(C(=O)c4ccc(Oc5ccccc5)cc4Cl)c23)N(C)C1=O. The number of amides is 1. The molecule has 1 aliphatic rings. The minimum Gasteiger partial charge on any atom is -0.457 e. The molecule has 1 amide bonds. The van der Waals surface area contributed by atoms with E-state index in [0.717, 1.165) is 0 Å². The van der Waals surface area contributed by atoms with Crippen molar-refractivity contribution in [3.63, 3.8) is 0 Å². The third-order valence-corrected chi connectivity index (χ3v) is 6.37. The fraction of sp³-hybridized carbons (Fsp3) is 0.192. The van der Waals surface area contributed by atoms with E-state index in [-0.39, 0.29) is 23.3 Å². The Hall–Kier alpha value is -3.88. The maximum Gasteiger partial charge on any atom is 0.254 e. The van der Waals surface area contributed by atoms with Gasteiger partial charge in [-0.05, 0) is 31.2 Å². The van der Waals surface area contributed by atoms with E-state index in [1.165, 1.54) is 12.0 Å². The van der Waals surface area contributed by atoms with Crippen LogP contribution >= 0.6 is 11.6 Å². The largest absolute Gasteiger partial charge is 0.457 e. The van der Waals surface area contributed by atoms with Crippen molar-refractivity contribution >= 4 is 45.7 Å². The van der Waals surface area contributed by atoms with Crippen molar-refractivity contribution in [3.05, 3.63) is 77.1 Å². The summed E-state index contributed by atoms with van der Waals surface area (Å²) < 4.78 is 11.1. The maximum atomic E-state index is 13.6. The van der Waals surface area contributed by atoms with Crippen LogP contribution in [0.1, 0.15) is 22.8 Å². The van der Waals surface area contributed by atoms with Gasteiger partial charge < -0.3 is 24.7 Å². The van der Waals surface area contributed by atoms with E-state index < -0.39 is 5.54 Å². The van der Waals surface area contributed by atoms with Gasteiger partial charge in [-0.2, -0.15) is 0 Å². The fourth-order valence-electron chi connectivity index (χ4n) is 4.35. The van der Waals surface area contributed by atoms with E-state index >= 15 is 0 Å². The van der Waals surface area contributed by atoms with Gasteiger partial charge in [-0.15, -0.1) is 0 Å². The monoisotopic (exact) mass is 490 g/mol. The Kier molecular flexibility index (Phi) is 5.70. The smallest absolute Gasteiger partial charge is 0.254 e. The van der Waals surface area contributed by atoms with Gasteiger partial charge in [0, 0.05) is 32.0 Å². The summed E-state index contributed by atoms with van der Waals surface area (Å²) in [7, 11) is 3.22. The Morgan fingerprint density at radius 1 is 1.14 bits per heavy atom. The number of H-pyrrole nitrogens is 1. The number of aromatic amines is 1. The van der Waals surface area contributed by atoms with E-state index in [9.17, 15) is 9.59 Å². The van der Waals surface area contributed by atoms with Crippen LogP contribution in [0.5, 0.6) is 11.5 Å². The molecule has 4 aromatic rings. The van der Waals surface area contributed by atoms with Crippen LogP contribution in [0.3, 0.4) is 0 Å². The van der Waals surface area contributed by atoms with E-state index in [2.05, 4.69) is 15.3 Å². The number of methoxy groups -OCH3 is 1. The molecule has 2 aromatic heterocycles. The van der Waals surface area contributed by atoms with Crippen molar-refractivity contribution < 1.29 is 19.1 Å². The zero-order valence-corrected chi connectivity index (χ0v) is 20.1. The number of nitrogens with one attached hydrogen (secondary N) is 2. The van der Waals surface area contributed by atoms with Gasteiger partial charge in [-0.1, -0.05) is 29.8 Å². The lowest BCUT2D eigenvalue weighted by molar-refractivity contribution is -0.124. The lowest BCUT2D eigenvalue weighted by Crippen LogP contribution is -2.57. The number of rotatable bonds is 6. The molecular weight excluding hydrogens is 468 g/mol. The van der Waals surface area contributed by atoms with Gasteiger partial charge in [0.15, 0.2) is 5.78 Å². The van der Waals surface area contributed by atoms with E-state index in [1.807, 2.05) is 30.3 Å². The number of ether oxygens (including phenoxy) is 2. The second kappa shape index (κ2) is 8.72. The van der Waals surface area contributed by atoms with Gasteiger partial charge in [0.1, 0.15) is 22.7 Å². The number of hydrogen-bond acceptors (Lipinski definition) is 6. The number of likely N-dealkylation sites (N-methyl/N-ethyl adjacent to an activating group) is 1. The van der Waals surface area contributed by atoms with E-state index in [4.69, 9.17) is 21.1 Å². The predicted octanol–water partition coefficient (Wildman–Crippen LogP) is 5.03. The van der Waals surface area contributed by atoms with Gasteiger partial charge in [-0.3, -0.25) is 9.59 Å². The van der Waals surface area contributed by atoms with Crippen molar-refractivity contribution in [1.29, 1.82) is 0 Å². The summed E-state index contributed by atoms with van der Waals surface area (Å²) in [5.41, 5.74) is 1.42. The van der Waals surface area contributed by atoms with Gasteiger partial charge in [0.05, 0.1) is 40.2 Å². The molecule has 35 heavy (non-hydrogen) atoms. The molecule has 0 spiro atoms. The molecule has 8 nitrogen and oxygen atoms in total. The Morgan fingerprint density at radius 2 is 1.91 bits per heavy atom. The summed E-state index contributed by atoms with van der Waals surface area (Å²) in [6.45, 7) is 1.92. The number of fused-ring (bicyclic) bond motifs is 3. The molecule has 3 heterocycles. The number of nitrogens with zero attached hydrogens (tertiary/aromatic N) is 2. The number of para-hydroxylation sites is 1. The highest BCUT2D eigenvalue weighted by Crippen LogP contribution is 2.41. The first-order valence-electron chi connectivity index (χ1n) is 10.9. The van der Waals surface area contributed by atoms with Crippen LogP contribution in [0, 0.1) is 0 Å². The van der Waals surface area contributed by atoms with Crippen LogP contribution in [0.4, 0.5) is 11.4 Å². The summed E-state index contributed by atoms with van der Waals surface area (Å²) in [4.78, 5) is 35.6. The molecule has 0 unspecified atom stereocenters. The first-order chi connectivity index (χ1) is 16.8. The molecule has 0 fully saturated rings.